The van der Waals surface area contributed by atoms with E-state index in [4.69, 9.17) is 14.2 Å². The summed E-state index contributed by atoms with van der Waals surface area (Å²) in [5, 5.41) is 3.32. The first-order valence-corrected chi connectivity index (χ1v) is 9.66. The number of esters is 1. The molecule has 1 heterocycles. The van der Waals surface area contributed by atoms with Gasteiger partial charge in [0.05, 0.1) is 0 Å². The zero-order valence-electron chi connectivity index (χ0n) is 18.6. The van der Waals surface area contributed by atoms with E-state index >= 15 is 0 Å². The zero-order chi connectivity index (χ0) is 24.3. The lowest BCUT2D eigenvalue weighted by Gasteiger charge is -2.25. The van der Waals surface area contributed by atoms with Gasteiger partial charge in [0.15, 0.2) is 0 Å². The van der Waals surface area contributed by atoms with Crippen LogP contribution in [0.25, 0.3) is 11.4 Å². The maximum Gasteiger partial charge on any atom is 0.509 e. The highest BCUT2D eigenvalue weighted by molar-refractivity contribution is 5.78. The molecule has 0 aliphatic heterocycles. The predicted molar refractivity (Wildman–Crippen MR) is 105 cm³/mol. The summed E-state index contributed by atoms with van der Waals surface area (Å²) in [7, 11) is 0. The zero-order valence-corrected chi connectivity index (χ0v) is 18.6. The summed E-state index contributed by atoms with van der Waals surface area (Å²) in [4.78, 5) is 28.0. The van der Waals surface area contributed by atoms with Gasteiger partial charge in [-0.3, -0.25) is 0 Å². The molecule has 0 spiro atoms. The maximum absolute atomic E-state index is 12.6. The van der Waals surface area contributed by atoms with Crippen LogP contribution in [0.4, 0.5) is 18.0 Å². The molecular weight excluding hydrogens is 433 g/mol. The van der Waals surface area contributed by atoms with Crippen LogP contribution >= 0.6 is 0 Å². The number of carbonyl (C=O) groups excluding carboxylic acids is 2. The Morgan fingerprint density at radius 3 is 2.00 bits per heavy atom. The summed E-state index contributed by atoms with van der Waals surface area (Å²) in [5.74, 6) is -2.45. The standard InChI is InChI=1S/C21H25F3N2O6/c1-19(2,3)30-16(27)14(29-18(28)31-20(4,5)6)11-12-7-9-13(10-8-12)15-25-17(32-26-15)21(22,23)24/h7-10,14H,11H2,1-6H3. The second kappa shape index (κ2) is 9.17. The lowest BCUT2D eigenvalue weighted by molar-refractivity contribution is -0.167. The lowest BCUT2D eigenvalue weighted by atomic mass is 10.0. The minimum atomic E-state index is -4.75. The molecule has 1 unspecified atom stereocenters. The van der Waals surface area contributed by atoms with Crippen LogP contribution in [0.1, 0.15) is 53.0 Å². The van der Waals surface area contributed by atoms with Crippen LogP contribution in [0.15, 0.2) is 28.8 Å². The Morgan fingerprint density at radius 1 is 0.969 bits per heavy atom. The fourth-order valence-corrected chi connectivity index (χ4v) is 2.39. The van der Waals surface area contributed by atoms with Gasteiger partial charge in [-0.05, 0) is 47.1 Å². The first kappa shape index (κ1) is 25.2. The van der Waals surface area contributed by atoms with Gasteiger partial charge in [0.1, 0.15) is 11.2 Å². The molecule has 2 aromatic rings. The van der Waals surface area contributed by atoms with E-state index in [1.807, 2.05) is 0 Å². The third kappa shape index (κ3) is 7.86. The van der Waals surface area contributed by atoms with Crippen LogP contribution in [0, 0.1) is 0 Å². The molecule has 0 aliphatic rings. The van der Waals surface area contributed by atoms with Crippen molar-refractivity contribution in [2.24, 2.45) is 0 Å². The van der Waals surface area contributed by atoms with E-state index in [2.05, 4.69) is 14.7 Å². The Labute approximate surface area is 183 Å². The number of hydrogen-bond acceptors (Lipinski definition) is 8. The van der Waals surface area contributed by atoms with Crippen molar-refractivity contribution in [1.29, 1.82) is 0 Å². The second-order valence-electron chi connectivity index (χ2n) is 8.93. The van der Waals surface area contributed by atoms with E-state index in [0.717, 1.165) is 0 Å². The second-order valence-corrected chi connectivity index (χ2v) is 8.93. The fourth-order valence-electron chi connectivity index (χ4n) is 2.39. The van der Waals surface area contributed by atoms with Gasteiger partial charge < -0.3 is 18.7 Å². The summed E-state index contributed by atoms with van der Waals surface area (Å²) in [5.41, 5.74) is -0.815. The van der Waals surface area contributed by atoms with Crippen molar-refractivity contribution in [1.82, 2.24) is 10.1 Å². The maximum atomic E-state index is 12.6. The lowest BCUT2D eigenvalue weighted by Crippen LogP contribution is -2.37. The molecule has 0 aliphatic carbocycles. The van der Waals surface area contributed by atoms with Crippen LogP contribution in [-0.4, -0.2) is 39.6 Å². The van der Waals surface area contributed by atoms with Crippen molar-refractivity contribution in [2.45, 2.75) is 71.4 Å². The minimum Gasteiger partial charge on any atom is -0.457 e. The average molecular weight is 458 g/mol. The number of ether oxygens (including phenoxy) is 3. The normalized spacial score (nSPS) is 13.4. The van der Waals surface area contributed by atoms with E-state index in [0.29, 0.717) is 5.56 Å². The van der Waals surface area contributed by atoms with Gasteiger partial charge in [-0.1, -0.05) is 29.4 Å². The third-order valence-corrected chi connectivity index (χ3v) is 3.60. The van der Waals surface area contributed by atoms with Gasteiger partial charge in [-0.15, -0.1) is 0 Å². The molecule has 8 nitrogen and oxygen atoms in total. The van der Waals surface area contributed by atoms with Crippen molar-refractivity contribution in [3.8, 4) is 11.4 Å². The van der Waals surface area contributed by atoms with Gasteiger partial charge in [-0.2, -0.15) is 18.2 Å². The molecule has 0 bridgehead atoms. The average Bonchev–Trinajstić information content (AvgIpc) is 3.09. The summed E-state index contributed by atoms with van der Waals surface area (Å²) in [6.07, 6.45) is -7.12. The number of rotatable bonds is 5. The van der Waals surface area contributed by atoms with Gasteiger partial charge >= 0.3 is 24.2 Å². The molecule has 32 heavy (non-hydrogen) atoms. The molecular formula is C21H25F3N2O6. The van der Waals surface area contributed by atoms with Crippen molar-refractivity contribution in [3.63, 3.8) is 0 Å². The van der Waals surface area contributed by atoms with E-state index in [9.17, 15) is 22.8 Å². The molecule has 11 heteroatoms. The number of alkyl halides is 3. The van der Waals surface area contributed by atoms with Crippen molar-refractivity contribution in [3.05, 3.63) is 35.7 Å². The molecule has 0 amide bonds. The molecule has 0 N–H and O–H groups in total. The molecule has 176 valence electrons. The van der Waals surface area contributed by atoms with Crippen LogP contribution in [0.3, 0.4) is 0 Å². The Hall–Kier alpha value is -3.11. The Bertz CT molecular complexity index is 940. The summed E-state index contributed by atoms with van der Waals surface area (Å²) in [6, 6.07) is 5.99. The smallest absolute Gasteiger partial charge is 0.457 e. The highest BCUT2D eigenvalue weighted by atomic mass is 19.4. The van der Waals surface area contributed by atoms with Crippen LogP contribution in [-0.2, 0) is 31.6 Å². The molecule has 0 saturated heterocycles. The van der Waals surface area contributed by atoms with Gasteiger partial charge in [0.2, 0.25) is 11.9 Å². The number of halogens is 3. The van der Waals surface area contributed by atoms with E-state index in [1.165, 1.54) is 24.3 Å². The molecule has 2 rings (SSSR count). The van der Waals surface area contributed by atoms with E-state index in [-0.39, 0.29) is 17.8 Å². The monoisotopic (exact) mass is 458 g/mol. The number of nitrogens with zero attached hydrogens (tertiary/aromatic N) is 2. The highest BCUT2D eigenvalue weighted by Crippen LogP contribution is 2.29. The van der Waals surface area contributed by atoms with Crippen molar-refractivity contribution in [2.75, 3.05) is 0 Å². The highest BCUT2D eigenvalue weighted by Gasteiger charge is 2.38. The number of carbonyl (C=O) groups is 2. The predicted octanol–water partition coefficient (Wildman–Crippen LogP) is 4.96. The van der Waals surface area contributed by atoms with Gasteiger partial charge in [-0.25, -0.2) is 9.59 Å². The Balaban J connectivity index is 2.18. The summed E-state index contributed by atoms with van der Waals surface area (Å²) >= 11 is 0. The molecule has 0 saturated carbocycles. The van der Waals surface area contributed by atoms with Crippen LogP contribution in [0.2, 0.25) is 0 Å². The first-order valence-electron chi connectivity index (χ1n) is 9.66. The van der Waals surface area contributed by atoms with E-state index < -0.39 is 41.5 Å². The topological polar surface area (TPSA) is 101 Å². The summed E-state index contributed by atoms with van der Waals surface area (Å²) < 4.78 is 57.7. The molecule has 0 fully saturated rings. The molecule has 1 aromatic carbocycles. The first-order chi connectivity index (χ1) is 14.5. The van der Waals surface area contributed by atoms with Crippen molar-refractivity contribution < 1.29 is 41.5 Å². The molecule has 1 atom stereocenters. The van der Waals surface area contributed by atoms with Crippen LogP contribution < -0.4 is 0 Å². The fraction of sp³-hybridized carbons (Fsp3) is 0.524. The number of hydrogen-bond donors (Lipinski definition) is 0. The van der Waals surface area contributed by atoms with Crippen LogP contribution in [0.5, 0.6) is 0 Å². The number of benzene rings is 1. The SMILES string of the molecule is CC(C)(C)OC(=O)OC(Cc1ccc(-c2noc(C(F)(F)F)n2)cc1)C(=O)OC(C)(C)C. The third-order valence-electron chi connectivity index (χ3n) is 3.60. The Kier molecular flexibility index (Phi) is 7.21. The minimum absolute atomic E-state index is 0.0471. The number of aromatic nitrogens is 2. The quantitative estimate of drug-likeness (QED) is 0.580. The molecule has 0 radical (unpaired) electrons. The summed E-state index contributed by atoms with van der Waals surface area (Å²) in [6.45, 7) is 9.96. The largest absolute Gasteiger partial charge is 0.509 e. The van der Waals surface area contributed by atoms with Gasteiger partial charge in [0.25, 0.3) is 0 Å². The Morgan fingerprint density at radius 2 is 1.53 bits per heavy atom. The van der Waals surface area contributed by atoms with Gasteiger partial charge in [0, 0.05) is 12.0 Å². The molecule has 1 aromatic heterocycles. The van der Waals surface area contributed by atoms with E-state index in [1.54, 1.807) is 41.5 Å². The van der Waals surface area contributed by atoms with Crippen molar-refractivity contribution >= 4 is 12.1 Å².